The van der Waals surface area contributed by atoms with Gasteiger partial charge in [-0.15, -0.1) is 0 Å². The fourth-order valence-corrected chi connectivity index (χ4v) is 2.69. The number of nitrogens with zero attached hydrogens (tertiary/aromatic N) is 2. The summed E-state index contributed by atoms with van der Waals surface area (Å²) in [6.07, 6.45) is 0. The van der Waals surface area contributed by atoms with Crippen LogP contribution >= 0.6 is 0 Å². The number of hydrogen-bond donors (Lipinski definition) is 1. The molecule has 2 aromatic carbocycles. The summed E-state index contributed by atoms with van der Waals surface area (Å²) in [4.78, 5) is 23.4. The molecular weight excluding hydrogens is 362 g/mol. The minimum absolute atomic E-state index is 0.0287. The van der Waals surface area contributed by atoms with Crippen LogP contribution in [0.3, 0.4) is 0 Å². The third-order valence-corrected chi connectivity index (χ3v) is 4.26. The maximum atomic E-state index is 12.7. The lowest BCUT2D eigenvalue weighted by atomic mass is 10.1. The van der Waals surface area contributed by atoms with E-state index in [1.807, 2.05) is 31.2 Å². The molecule has 8 heteroatoms. The summed E-state index contributed by atoms with van der Waals surface area (Å²) in [5, 5.41) is 17.6. The molecule has 1 aromatic heterocycles. The molecule has 0 aliphatic heterocycles. The number of ether oxygens (including phenoxy) is 1. The summed E-state index contributed by atoms with van der Waals surface area (Å²) in [7, 11) is 0. The fraction of sp³-hybridized carbons (Fsp3) is 0.200. The van der Waals surface area contributed by atoms with E-state index >= 15 is 0 Å². The van der Waals surface area contributed by atoms with Gasteiger partial charge in [0.1, 0.15) is 23.8 Å². The lowest BCUT2D eigenvalue weighted by Gasteiger charge is -2.09. The Bertz CT molecular complexity index is 1040. The van der Waals surface area contributed by atoms with Gasteiger partial charge in [-0.2, -0.15) is 0 Å². The number of nitrogens with one attached hydrogen (secondary N) is 1. The van der Waals surface area contributed by atoms with Gasteiger partial charge in [0.25, 0.3) is 11.6 Å². The van der Waals surface area contributed by atoms with Crippen molar-refractivity contribution in [3.05, 3.63) is 80.7 Å². The monoisotopic (exact) mass is 381 g/mol. The molecular formula is C20H19N3O5. The molecule has 0 spiro atoms. The van der Waals surface area contributed by atoms with Crippen LogP contribution in [0.4, 0.5) is 11.4 Å². The normalized spacial score (nSPS) is 10.5. The molecule has 3 rings (SSSR count). The molecule has 0 unspecified atom stereocenters. The summed E-state index contributed by atoms with van der Waals surface area (Å²) in [6.45, 7) is 5.41. The van der Waals surface area contributed by atoms with Crippen molar-refractivity contribution in [1.29, 1.82) is 0 Å². The van der Waals surface area contributed by atoms with E-state index in [1.54, 1.807) is 19.9 Å². The summed E-state index contributed by atoms with van der Waals surface area (Å²) >= 11 is 0. The third kappa shape index (κ3) is 4.01. The third-order valence-electron chi connectivity index (χ3n) is 4.26. The Balaban J connectivity index is 1.82. The van der Waals surface area contributed by atoms with Gasteiger partial charge in [-0.1, -0.05) is 29.4 Å². The number of benzene rings is 2. The van der Waals surface area contributed by atoms with Crippen molar-refractivity contribution < 1.29 is 19.0 Å². The van der Waals surface area contributed by atoms with Gasteiger partial charge in [-0.05, 0) is 44.0 Å². The highest BCUT2D eigenvalue weighted by Gasteiger charge is 2.23. The molecule has 28 heavy (non-hydrogen) atoms. The number of anilines is 1. The van der Waals surface area contributed by atoms with Crippen LogP contribution in [0.25, 0.3) is 0 Å². The number of amides is 1. The molecule has 3 aromatic rings. The molecule has 0 saturated carbocycles. The van der Waals surface area contributed by atoms with Crippen molar-refractivity contribution in [3.8, 4) is 5.75 Å². The maximum absolute atomic E-state index is 12.7. The number of aryl methyl sites for hydroxylation is 3. The molecule has 1 N–H and O–H groups in total. The van der Waals surface area contributed by atoms with E-state index in [2.05, 4.69) is 10.5 Å². The number of hydrogen-bond acceptors (Lipinski definition) is 6. The number of para-hydroxylation sites is 1. The molecule has 0 atom stereocenters. The van der Waals surface area contributed by atoms with Crippen molar-refractivity contribution in [1.82, 2.24) is 5.16 Å². The first kappa shape index (κ1) is 19.1. The highest BCUT2D eigenvalue weighted by atomic mass is 16.6. The van der Waals surface area contributed by atoms with Gasteiger partial charge >= 0.3 is 0 Å². The smallest absolute Gasteiger partial charge is 0.293 e. The van der Waals surface area contributed by atoms with Crippen LogP contribution in [-0.4, -0.2) is 16.0 Å². The first-order valence-electron chi connectivity index (χ1n) is 8.56. The average molecular weight is 381 g/mol. The molecule has 1 amide bonds. The lowest BCUT2D eigenvalue weighted by molar-refractivity contribution is -0.384. The van der Waals surface area contributed by atoms with Gasteiger partial charge in [0.05, 0.1) is 10.5 Å². The summed E-state index contributed by atoms with van der Waals surface area (Å²) < 4.78 is 10.9. The standard InChI is InChI=1S/C20H19N3O5/c1-12-8-9-16(17(10-12)23(25)26)21-20(24)19-15(14(3)28-22-19)11-27-18-7-5-4-6-13(18)2/h4-10H,11H2,1-3H3,(H,21,24). The first-order chi connectivity index (χ1) is 13.4. The van der Waals surface area contributed by atoms with E-state index < -0.39 is 10.8 Å². The predicted octanol–water partition coefficient (Wildman–Crippen LogP) is 4.34. The van der Waals surface area contributed by atoms with Crippen LogP contribution in [0.1, 0.15) is 32.9 Å². The van der Waals surface area contributed by atoms with Crippen LogP contribution in [-0.2, 0) is 6.61 Å². The average Bonchev–Trinajstić information content (AvgIpc) is 3.03. The van der Waals surface area contributed by atoms with Gasteiger partial charge in [0, 0.05) is 6.07 Å². The number of carbonyl (C=O) groups excluding carboxylic acids is 1. The van der Waals surface area contributed by atoms with Crippen molar-refractivity contribution >= 4 is 17.3 Å². The minimum Gasteiger partial charge on any atom is -0.488 e. The van der Waals surface area contributed by atoms with Gasteiger partial charge in [0.2, 0.25) is 0 Å². The van der Waals surface area contributed by atoms with E-state index in [1.165, 1.54) is 12.1 Å². The van der Waals surface area contributed by atoms with Crippen LogP contribution in [0.2, 0.25) is 0 Å². The van der Waals surface area contributed by atoms with E-state index in [0.29, 0.717) is 22.6 Å². The molecule has 0 aliphatic rings. The van der Waals surface area contributed by atoms with Crippen molar-refractivity contribution in [3.63, 3.8) is 0 Å². The van der Waals surface area contributed by atoms with Gasteiger partial charge in [-0.3, -0.25) is 14.9 Å². The zero-order valence-electron chi connectivity index (χ0n) is 15.7. The van der Waals surface area contributed by atoms with Crippen molar-refractivity contribution in [2.75, 3.05) is 5.32 Å². The minimum atomic E-state index is -0.604. The van der Waals surface area contributed by atoms with Gasteiger partial charge in [0.15, 0.2) is 5.69 Å². The van der Waals surface area contributed by atoms with Crippen LogP contribution < -0.4 is 10.1 Å². The largest absolute Gasteiger partial charge is 0.488 e. The van der Waals surface area contributed by atoms with Crippen molar-refractivity contribution in [2.45, 2.75) is 27.4 Å². The number of carbonyl (C=O) groups is 1. The number of nitro benzene ring substituents is 1. The highest BCUT2D eigenvalue weighted by Crippen LogP contribution is 2.27. The Morgan fingerprint density at radius 1 is 1.21 bits per heavy atom. The second-order valence-corrected chi connectivity index (χ2v) is 6.35. The Morgan fingerprint density at radius 3 is 2.68 bits per heavy atom. The number of aromatic nitrogens is 1. The SMILES string of the molecule is Cc1ccc(NC(=O)c2noc(C)c2COc2ccccc2C)c([N+](=O)[O-])c1. The van der Waals surface area contributed by atoms with Gasteiger partial charge in [-0.25, -0.2) is 0 Å². The first-order valence-corrected chi connectivity index (χ1v) is 8.56. The Labute approximate surface area is 161 Å². The van der Waals surface area contributed by atoms with Crippen LogP contribution in [0, 0.1) is 30.9 Å². The van der Waals surface area contributed by atoms with Crippen LogP contribution in [0.15, 0.2) is 47.0 Å². The Kier molecular flexibility index (Phi) is 5.39. The second-order valence-electron chi connectivity index (χ2n) is 6.35. The topological polar surface area (TPSA) is 108 Å². The predicted molar refractivity (Wildman–Crippen MR) is 103 cm³/mol. The quantitative estimate of drug-likeness (QED) is 0.503. The second kappa shape index (κ2) is 7.91. The molecule has 0 saturated heterocycles. The molecule has 0 bridgehead atoms. The maximum Gasteiger partial charge on any atom is 0.293 e. The summed E-state index contributed by atoms with van der Waals surface area (Å²) in [6, 6.07) is 12.1. The zero-order chi connectivity index (χ0) is 20.3. The van der Waals surface area contributed by atoms with E-state index in [9.17, 15) is 14.9 Å². The highest BCUT2D eigenvalue weighted by molar-refractivity contribution is 6.05. The van der Waals surface area contributed by atoms with E-state index in [-0.39, 0.29) is 23.7 Å². The van der Waals surface area contributed by atoms with Crippen molar-refractivity contribution in [2.24, 2.45) is 0 Å². The van der Waals surface area contributed by atoms with E-state index in [0.717, 1.165) is 5.56 Å². The molecule has 0 radical (unpaired) electrons. The summed E-state index contributed by atoms with van der Waals surface area (Å²) in [5.41, 5.74) is 2.09. The lowest BCUT2D eigenvalue weighted by Crippen LogP contribution is -2.16. The van der Waals surface area contributed by atoms with E-state index in [4.69, 9.17) is 9.26 Å². The molecule has 144 valence electrons. The van der Waals surface area contributed by atoms with Crippen LogP contribution in [0.5, 0.6) is 5.75 Å². The number of nitro groups is 1. The molecule has 1 heterocycles. The van der Waals surface area contributed by atoms with Gasteiger partial charge < -0.3 is 14.6 Å². The molecule has 8 nitrogen and oxygen atoms in total. The summed E-state index contributed by atoms with van der Waals surface area (Å²) in [5.74, 6) is 0.521. The molecule has 0 fully saturated rings. The zero-order valence-corrected chi connectivity index (χ0v) is 15.7. The number of rotatable bonds is 6. The fourth-order valence-electron chi connectivity index (χ4n) is 2.69. The molecule has 0 aliphatic carbocycles. The Morgan fingerprint density at radius 2 is 1.96 bits per heavy atom. The Hall–Kier alpha value is -3.68.